The van der Waals surface area contributed by atoms with Crippen molar-refractivity contribution in [1.82, 2.24) is 9.55 Å². The third-order valence-corrected chi connectivity index (χ3v) is 8.91. The Balaban J connectivity index is 1.48. The fourth-order valence-corrected chi connectivity index (χ4v) is 6.68. The van der Waals surface area contributed by atoms with Gasteiger partial charge in [0.2, 0.25) is 5.91 Å². The average Bonchev–Trinajstić information content (AvgIpc) is 3.29. The number of hydrogen-bond acceptors (Lipinski definition) is 6. The Hall–Kier alpha value is -2.94. The third kappa shape index (κ3) is 5.51. The van der Waals surface area contributed by atoms with Gasteiger partial charge in [-0.15, -0.1) is 11.3 Å². The number of rotatable bonds is 8. The number of thioether (sulfide) groups is 1. The van der Waals surface area contributed by atoms with E-state index in [9.17, 15) is 9.59 Å². The Morgan fingerprint density at radius 3 is 2.57 bits per heavy atom. The van der Waals surface area contributed by atoms with E-state index in [1.165, 1.54) is 11.8 Å². The molecule has 2 aromatic heterocycles. The average molecular weight is 534 g/mol. The monoisotopic (exact) mass is 533 g/mol. The van der Waals surface area contributed by atoms with E-state index < -0.39 is 0 Å². The van der Waals surface area contributed by atoms with Crippen molar-refractivity contribution in [2.24, 2.45) is 5.92 Å². The number of carbonyl (C=O) groups excluding carboxylic acids is 1. The van der Waals surface area contributed by atoms with Gasteiger partial charge < -0.3 is 9.64 Å². The molecule has 0 bridgehead atoms. The van der Waals surface area contributed by atoms with Crippen molar-refractivity contribution in [3.63, 3.8) is 0 Å². The summed E-state index contributed by atoms with van der Waals surface area (Å²) in [6.07, 6.45) is 1.54. The smallest absolute Gasteiger partial charge is 0.263 e. The zero-order valence-electron chi connectivity index (χ0n) is 21.3. The van der Waals surface area contributed by atoms with Gasteiger partial charge in [-0.2, -0.15) is 0 Å². The Kier molecular flexibility index (Phi) is 7.79. The number of aryl methyl sites for hydroxylation is 1. The van der Waals surface area contributed by atoms with E-state index in [0.717, 1.165) is 38.3 Å². The lowest BCUT2D eigenvalue weighted by Gasteiger charge is -2.26. The second-order valence-electron chi connectivity index (χ2n) is 9.65. The lowest BCUT2D eigenvalue weighted by atomic mass is 9.96. The van der Waals surface area contributed by atoms with Crippen LogP contribution >= 0.6 is 23.1 Å². The maximum Gasteiger partial charge on any atom is 0.263 e. The van der Waals surface area contributed by atoms with E-state index >= 15 is 0 Å². The summed E-state index contributed by atoms with van der Waals surface area (Å²) in [4.78, 5) is 35.4. The van der Waals surface area contributed by atoms with E-state index in [-0.39, 0.29) is 23.3 Å². The molecule has 0 saturated heterocycles. The summed E-state index contributed by atoms with van der Waals surface area (Å²) in [5.41, 5.74) is 3.07. The van der Waals surface area contributed by atoms with Crippen LogP contribution in [0.15, 0.2) is 70.6 Å². The molecule has 3 heterocycles. The van der Waals surface area contributed by atoms with E-state index in [0.29, 0.717) is 30.6 Å². The molecular formula is C29H31N3O3S2. The molecule has 8 heteroatoms. The number of hydrogen-bond donors (Lipinski definition) is 0. The summed E-state index contributed by atoms with van der Waals surface area (Å²) in [5.74, 6) is 0.524. The molecule has 0 spiro atoms. The molecule has 6 nitrogen and oxygen atoms in total. The molecule has 5 rings (SSSR count). The molecule has 1 amide bonds. The molecule has 0 fully saturated rings. The summed E-state index contributed by atoms with van der Waals surface area (Å²) >= 11 is 2.87. The van der Waals surface area contributed by atoms with Gasteiger partial charge in [-0.3, -0.25) is 14.2 Å². The van der Waals surface area contributed by atoms with E-state index in [1.807, 2.05) is 48.5 Å². The van der Waals surface area contributed by atoms with Crippen LogP contribution in [0.5, 0.6) is 0 Å². The number of carbonyl (C=O) groups is 1. The van der Waals surface area contributed by atoms with Gasteiger partial charge in [0.05, 0.1) is 23.8 Å². The number of ether oxygens (including phenoxy) is 1. The van der Waals surface area contributed by atoms with E-state index in [1.54, 1.807) is 27.9 Å². The summed E-state index contributed by atoms with van der Waals surface area (Å²) < 4.78 is 7.83. The number of fused-ring (bicyclic) bond motifs is 3. The number of benzene rings is 2. The number of nitrogens with zero attached hydrogens (tertiary/aromatic N) is 3. The largest absolute Gasteiger partial charge is 0.372 e. The van der Waals surface area contributed by atoms with Gasteiger partial charge in [0.15, 0.2) is 5.16 Å². The molecule has 1 aliphatic heterocycles. The molecule has 1 aliphatic rings. The molecule has 0 aliphatic carbocycles. The van der Waals surface area contributed by atoms with Gasteiger partial charge in [-0.05, 0) is 35.6 Å². The number of amides is 1. The minimum absolute atomic E-state index is 0.0193. The van der Waals surface area contributed by atoms with E-state index in [4.69, 9.17) is 9.72 Å². The standard InChI is InChI=1S/C29H31N3O3S2/c1-19(2)23-16-22-24(17-35-23)37-27-26(22)28(34)32(15-14-20-10-6-4-7-11-20)29(30-27)36-18-25(33)31(3)21-12-8-5-9-13-21/h4-13,19,23H,14-18H2,1-3H3/t23-/m0/s1. The van der Waals surface area contributed by atoms with E-state index in [2.05, 4.69) is 26.0 Å². The molecule has 0 saturated carbocycles. The van der Waals surface area contributed by atoms with Crippen molar-refractivity contribution in [2.75, 3.05) is 17.7 Å². The second-order valence-corrected chi connectivity index (χ2v) is 11.7. The first-order chi connectivity index (χ1) is 17.9. The van der Waals surface area contributed by atoms with Gasteiger partial charge >= 0.3 is 0 Å². The first kappa shape index (κ1) is 25.7. The molecule has 1 atom stereocenters. The second kappa shape index (κ2) is 11.2. The summed E-state index contributed by atoms with van der Waals surface area (Å²) in [6.45, 7) is 5.33. The van der Waals surface area contributed by atoms with Gasteiger partial charge in [-0.25, -0.2) is 4.98 Å². The van der Waals surface area contributed by atoms with Crippen LogP contribution in [0.1, 0.15) is 29.9 Å². The van der Waals surface area contributed by atoms with Crippen molar-refractivity contribution >= 4 is 44.9 Å². The quantitative estimate of drug-likeness (QED) is 0.219. The normalized spacial score (nSPS) is 15.2. The topological polar surface area (TPSA) is 64.4 Å². The van der Waals surface area contributed by atoms with Gasteiger partial charge in [0.1, 0.15) is 4.83 Å². The Morgan fingerprint density at radius 1 is 1.16 bits per heavy atom. The summed E-state index contributed by atoms with van der Waals surface area (Å²) in [6, 6.07) is 19.7. The first-order valence-corrected chi connectivity index (χ1v) is 14.4. The van der Waals surface area contributed by atoms with Crippen LogP contribution in [-0.4, -0.2) is 34.4 Å². The fourth-order valence-electron chi connectivity index (χ4n) is 4.58. The van der Waals surface area contributed by atoms with Crippen LogP contribution in [0, 0.1) is 5.92 Å². The zero-order valence-corrected chi connectivity index (χ0v) is 23.0. The first-order valence-electron chi connectivity index (χ1n) is 12.6. The SMILES string of the molecule is CC(C)[C@@H]1Cc2c(sc3nc(SCC(=O)N(C)c4ccccc4)n(CCc4ccccc4)c(=O)c23)CO1. The maximum atomic E-state index is 14.0. The Morgan fingerprint density at radius 2 is 1.86 bits per heavy atom. The predicted molar refractivity (Wildman–Crippen MR) is 152 cm³/mol. The van der Waals surface area contributed by atoms with Gasteiger partial charge in [0.25, 0.3) is 5.56 Å². The highest BCUT2D eigenvalue weighted by Gasteiger charge is 2.28. The molecule has 37 heavy (non-hydrogen) atoms. The van der Waals surface area contributed by atoms with Crippen LogP contribution in [0.25, 0.3) is 10.2 Å². The summed E-state index contributed by atoms with van der Waals surface area (Å²) in [7, 11) is 1.77. The van der Waals surface area contributed by atoms with Gasteiger partial charge in [0, 0.05) is 30.6 Å². The zero-order chi connectivity index (χ0) is 25.9. The molecular weight excluding hydrogens is 502 g/mol. The number of anilines is 1. The van der Waals surface area contributed by atoms with Crippen molar-refractivity contribution < 1.29 is 9.53 Å². The molecule has 4 aromatic rings. The molecule has 0 radical (unpaired) electrons. The number of thiophene rings is 1. The minimum Gasteiger partial charge on any atom is -0.372 e. The van der Waals surface area contributed by atoms with Crippen LogP contribution in [0.4, 0.5) is 5.69 Å². The molecule has 0 N–H and O–H groups in total. The highest BCUT2D eigenvalue weighted by Crippen LogP contribution is 2.36. The van der Waals surface area contributed by atoms with Crippen LogP contribution in [0.2, 0.25) is 0 Å². The van der Waals surface area contributed by atoms with Gasteiger partial charge in [-0.1, -0.05) is 74.1 Å². The van der Waals surface area contributed by atoms with Crippen molar-refractivity contribution in [3.8, 4) is 0 Å². The number of para-hydroxylation sites is 1. The minimum atomic E-state index is -0.0428. The highest BCUT2D eigenvalue weighted by atomic mass is 32.2. The fraction of sp³-hybridized carbons (Fsp3) is 0.345. The lowest BCUT2D eigenvalue weighted by molar-refractivity contribution is -0.115. The van der Waals surface area contributed by atoms with Crippen molar-refractivity contribution in [3.05, 3.63) is 87.0 Å². The number of aromatic nitrogens is 2. The van der Waals surface area contributed by atoms with Crippen LogP contribution < -0.4 is 10.5 Å². The van der Waals surface area contributed by atoms with Crippen molar-refractivity contribution in [2.45, 2.75) is 51.1 Å². The Labute approximate surface area is 225 Å². The molecule has 2 aromatic carbocycles. The lowest BCUT2D eigenvalue weighted by Crippen LogP contribution is -2.30. The highest BCUT2D eigenvalue weighted by molar-refractivity contribution is 7.99. The Bertz CT molecular complexity index is 1450. The predicted octanol–water partition coefficient (Wildman–Crippen LogP) is 5.55. The molecule has 192 valence electrons. The van der Waals surface area contributed by atoms with Crippen LogP contribution in [0.3, 0.4) is 0 Å². The molecule has 0 unspecified atom stereocenters. The van der Waals surface area contributed by atoms with Crippen molar-refractivity contribution in [1.29, 1.82) is 0 Å². The summed E-state index contributed by atoms with van der Waals surface area (Å²) in [5, 5.41) is 1.31. The third-order valence-electron chi connectivity index (χ3n) is 6.85. The van der Waals surface area contributed by atoms with Crippen LogP contribution in [-0.2, 0) is 35.5 Å². The maximum absolute atomic E-state index is 14.0.